The van der Waals surface area contributed by atoms with Crippen LogP contribution >= 0.6 is 34.2 Å². The number of aryl methyl sites for hydroxylation is 1. The Morgan fingerprint density at radius 1 is 1.35 bits per heavy atom. The van der Waals surface area contributed by atoms with E-state index in [1.807, 2.05) is 19.2 Å². The summed E-state index contributed by atoms with van der Waals surface area (Å²) in [7, 11) is 1.93. The van der Waals surface area contributed by atoms with Crippen molar-refractivity contribution in [3.63, 3.8) is 0 Å². The van der Waals surface area contributed by atoms with Crippen molar-refractivity contribution in [1.82, 2.24) is 4.98 Å². The zero-order valence-corrected chi connectivity index (χ0v) is 12.8. The van der Waals surface area contributed by atoms with Crippen LogP contribution in [-0.2, 0) is 6.42 Å². The van der Waals surface area contributed by atoms with Crippen LogP contribution in [0.3, 0.4) is 0 Å². The van der Waals surface area contributed by atoms with Gasteiger partial charge >= 0.3 is 0 Å². The average molecular weight is 361 g/mol. The van der Waals surface area contributed by atoms with Gasteiger partial charge in [-0.15, -0.1) is 0 Å². The second-order valence-corrected chi connectivity index (χ2v) is 5.54. The molecule has 0 atom stereocenters. The molecule has 0 radical (unpaired) electrons. The van der Waals surface area contributed by atoms with Crippen LogP contribution in [0.4, 0.5) is 5.69 Å². The van der Waals surface area contributed by atoms with Gasteiger partial charge in [0, 0.05) is 32.4 Å². The van der Waals surface area contributed by atoms with E-state index in [-0.39, 0.29) is 0 Å². The largest absolute Gasteiger partial charge is 0.388 e. The Hall–Kier alpha value is -0.550. The van der Waals surface area contributed by atoms with Crippen molar-refractivity contribution in [1.29, 1.82) is 0 Å². The molecule has 0 spiro atoms. The van der Waals surface area contributed by atoms with Gasteiger partial charge in [-0.2, -0.15) is 0 Å². The van der Waals surface area contributed by atoms with Gasteiger partial charge in [0.05, 0.1) is 5.52 Å². The number of halogens is 2. The van der Waals surface area contributed by atoms with E-state index in [0.717, 1.165) is 43.7 Å². The van der Waals surface area contributed by atoms with Crippen LogP contribution in [0.5, 0.6) is 0 Å². The number of anilines is 1. The third-order valence-electron chi connectivity index (χ3n) is 2.66. The quantitative estimate of drug-likeness (QED) is 0.816. The third kappa shape index (κ3) is 2.65. The van der Waals surface area contributed by atoms with Crippen molar-refractivity contribution < 1.29 is 0 Å². The highest BCUT2D eigenvalue weighted by molar-refractivity contribution is 14.1. The molecule has 90 valence electrons. The monoisotopic (exact) mass is 360 g/mol. The van der Waals surface area contributed by atoms with Crippen molar-refractivity contribution in [2.75, 3.05) is 12.4 Å². The van der Waals surface area contributed by atoms with E-state index in [2.05, 4.69) is 40.9 Å². The summed E-state index contributed by atoms with van der Waals surface area (Å²) in [6.07, 6.45) is 2.11. The number of fused-ring (bicyclic) bond motifs is 1. The van der Waals surface area contributed by atoms with E-state index in [0.29, 0.717) is 0 Å². The lowest BCUT2D eigenvalue weighted by Gasteiger charge is -2.10. The number of benzene rings is 1. The average Bonchev–Trinajstić information content (AvgIpc) is 2.29. The minimum absolute atomic E-state index is 0.753. The van der Waals surface area contributed by atoms with Crippen LogP contribution in [0.15, 0.2) is 18.2 Å². The molecule has 2 rings (SSSR count). The van der Waals surface area contributed by atoms with Crippen LogP contribution in [0.2, 0.25) is 5.02 Å². The lowest BCUT2D eigenvalue weighted by atomic mass is 10.1. The smallest absolute Gasteiger partial charge is 0.0860 e. The molecule has 0 unspecified atom stereocenters. The molecule has 0 fully saturated rings. The molecule has 0 aliphatic rings. The molecule has 1 N–H and O–H groups in total. The first kappa shape index (κ1) is 12.9. The van der Waals surface area contributed by atoms with Gasteiger partial charge in [0.15, 0.2) is 0 Å². The van der Waals surface area contributed by atoms with Crippen LogP contribution < -0.4 is 5.32 Å². The van der Waals surface area contributed by atoms with Crippen molar-refractivity contribution in [2.45, 2.75) is 19.8 Å². The molecule has 4 heteroatoms. The van der Waals surface area contributed by atoms with Crippen LogP contribution in [0, 0.1) is 3.57 Å². The molecule has 0 amide bonds. The zero-order valence-electron chi connectivity index (χ0n) is 9.85. The third-order valence-corrected chi connectivity index (χ3v) is 3.70. The van der Waals surface area contributed by atoms with Crippen molar-refractivity contribution >= 4 is 50.8 Å². The van der Waals surface area contributed by atoms with Gasteiger partial charge in [0.25, 0.3) is 0 Å². The van der Waals surface area contributed by atoms with Gasteiger partial charge in [-0.25, -0.2) is 0 Å². The summed E-state index contributed by atoms with van der Waals surface area (Å²) >= 11 is 8.38. The molecule has 0 bridgehead atoms. The maximum absolute atomic E-state index is 6.09. The second-order valence-electron chi connectivity index (χ2n) is 3.94. The Morgan fingerprint density at radius 2 is 2.12 bits per heavy atom. The fourth-order valence-corrected chi connectivity index (χ4v) is 3.05. The Morgan fingerprint density at radius 3 is 2.76 bits per heavy atom. The van der Waals surface area contributed by atoms with Gasteiger partial charge in [-0.3, -0.25) is 4.98 Å². The summed E-state index contributed by atoms with van der Waals surface area (Å²) in [6.45, 7) is 2.16. The summed E-state index contributed by atoms with van der Waals surface area (Å²) in [5.41, 5.74) is 3.26. The molecule has 0 saturated heterocycles. The Kier molecular flexibility index (Phi) is 4.09. The number of aromatic nitrogens is 1. The van der Waals surface area contributed by atoms with E-state index in [1.165, 1.54) is 0 Å². The lowest BCUT2D eigenvalue weighted by Crippen LogP contribution is -1.97. The molecular formula is C13H14ClIN2. The summed E-state index contributed by atoms with van der Waals surface area (Å²) in [5.74, 6) is 0. The van der Waals surface area contributed by atoms with Crippen molar-refractivity contribution in [3.8, 4) is 0 Å². The molecule has 1 aromatic heterocycles. The maximum Gasteiger partial charge on any atom is 0.0860 e. The lowest BCUT2D eigenvalue weighted by molar-refractivity contribution is 0.890. The van der Waals surface area contributed by atoms with Gasteiger partial charge in [-0.05, 0) is 47.2 Å². The number of hydrogen-bond acceptors (Lipinski definition) is 2. The number of pyridine rings is 1. The number of nitrogens with zero attached hydrogens (tertiary/aromatic N) is 1. The number of rotatable bonds is 3. The van der Waals surface area contributed by atoms with Gasteiger partial charge in [0.2, 0.25) is 0 Å². The minimum Gasteiger partial charge on any atom is -0.388 e. The fourth-order valence-electron chi connectivity index (χ4n) is 1.90. The maximum atomic E-state index is 6.09. The molecule has 17 heavy (non-hydrogen) atoms. The van der Waals surface area contributed by atoms with Gasteiger partial charge in [-0.1, -0.05) is 24.9 Å². The summed E-state index contributed by atoms with van der Waals surface area (Å²) in [5, 5.41) is 5.06. The summed E-state index contributed by atoms with van der Waals surface area (Å²) in [4.78, 5) is 4.71. The Labute approximate surface area is 120 Å². The molecule has 0 aliphatic carbocycles. The van der Waals surface area contributed by atoms with Crippen LogP contribution in [0.25, 0.3) is 10.9 Å². The molecule has 0 aliphatic heterocycles. The van der Waals surface area contributed by atoms with E-state index in [9.17, 15) is 0 Å². The standard InChI is InChI=1S/C13H14ClIN2/c1-3-4-9-7-12(16-2)10-5-8(14)6-11(15)13(10)17-9/h5-7H,3-4H2,1-2H3,(H,16,17). The summed E-state index contributed by atoms with van der Waals surface area (Å²) in [6, 6.07) is 6.03. The highest BCUT2D eigenvalue weighted by Crippen LogP contribution is 2.30. The summed E-state index contributed by atoms with van der Waals surface area (Å²) < 4.78 is 1.10. The van der Waals surface area contributed by atoms with E-state index < -0.39 is 0 Å². The first-order valence-corrected chi connectivity index (χ1v) is 7.07. The van der Waals surface area contributed by atoms with Gasteiger partial charge in [0.1, 0.15) is 0 Å². The molecule has 0 saturated carbocycles. The van der Waals surface area contributed by atoms with Crippen LogP contribution in [0.1, 0.15) is 19.0 Å². The molecular weight excluding hydrogens is 347 g/mol. The topological polar surface area (TPSA) is 24.9 Å². The second kappa shape index (κ2) is 5.40. The van der Waals surface area contributed by atoms with Gasteiger partial charge < -0.3 is 5.32 Å². The Balaban J connectivity index is 2.73. The first-order chi connectivity index (χ1) is 8.15. The van der Waals surface area contributed by atoms with Crippen molar-refractivity contribution in [3.05, 3.63) is 32.5 Å². The van der Waals surface area contributed by atoms with Crippen molar-refractivity contribution in [2.24, 2.45) is 0 Å². The predicted molar refractivity (Wildman–Crippen MR) is 83.0 cm³/mol. The zero-order chi connectivity index (χ0) is 12.4. The van der Waals surface area contributed by atoms with E-state index in [1.54, 1.807) is 0 Å². The minimum atomic E-state index is 0.753. The Bertz CT molecular complexity index is 555. The fraction of sp³-hybridized carbons (Fsp3) is 0.308. The number of nitrogens with one attached hydrogen (secondary N) is 1. The van der Waals surface area contributed by atoms with E-state index in [4.69, 9.17) is 16.6 Å². The van der Waals surface area contributed by atoms with E-state index >= 15 is 0 Å². The first-order valence-electron chi connectivity index (χ1n) is 5.62. The van der Waals surface area contributed by atoms with Crippen LogP contribution in [-0.4, -0.2) is 12.0 Å². The number of hydrogen-bond donors (Lipinski definition) is 1. The highest BCUT2D eigenvalue weighted by Gasteiger charge is 2.08. The molecule has 1 heterocycles. The highest BCUT2D eigenvalue weighted by atomic mass is 127. The molecule has 2 nitrogen and oxygen atoms in total. The molecule has 1 aromatic carbocycles. The SMILES string of the molecule is CCCc1cc(NC)c2cc(Cl)cc(I)c2n1. The molecule has 2 aromatic rings. The predicted octanol–water partition coefficient (Wildman–Crippen LogP) is 4.49. The normalized spacial score (nSPS) is 10.8.